The van der Waals surface area contributed by atoms with E-state index in [-0.39, 0.29) is 11.8 Å². The van der Waals surface area contributed by atoms with Crippen LogP contribution in [0.25, 0.3) is 0 Å². The maximum atomic E-state index is 12.1. The normalized spacial score (nSPS) is 23.6. The summed E-state index contributed by atoms with van der Waals surface area (Å²) in [6.07, 6.45) is 4.77. The van der Waals surface area contributed by atoms with Crippen LogP contribution >= 0.6 is 0 Å². The monoisotopic (exact) mass is 260 g/mol. The summed E-state index contributed by atoms with van der Waals surface area (Å²) >= 11 is 0. The van der Waals surface area contributed by atoms with Gasteiger partial charge in [-0.05, 0) is 25.7 Å². The molecule has 17 heavy (non-hydrogen) atoms. The van der Waals surface area contributed by atoms with Crippen LogP contribution in [-0.4, -0.2) is 56.0 Å². The van der Waals surface area contributed by atoms with Crippen molar-refractivity contribution in [2.24, 2.45) is 5.92 Å². The molecular formula is C11H20N2O3S. The van der Waals surface area contributed by atoms with Crippen molar-refractivity contribution < 1.29 is 13.2 Å². The predicted molar refractivity (Wildman–Crippen MR) is 64.9 cm³/mol. The Labute approximate surface area is 103 Å². The van der Waals surface area contributed by atoms with Gasteiger partial charge in [-0.15, -0.1) is 0 Å². The average Bonchev–Trinajstić information content (AvgIpc) is 3.10. The Balaban J connectivity index is 1.88. The smallest absolute Gasteiger partial charge is 0.225 e. The summed E-state index contributed by atoms with van der Waals surface area (Å²) in [5, 5.41) is 0. The van der Waals surface area contributed by atoms with Crippen molar-refractivity contribution in [3.05, 3.63) is 0 Å². The second-order valence-electron chi connectivity index (χ2n) is 5.12. The maximum absolute atomic E-state index is 12.1. The first kappa shape index (κ1) is 12.8. The second kappa shape index (κ2) is 4.57. The van der Waals surface area contributed by atoms with Crippen LogP contribution in [0.4, 0.5) is 0 Å². The second-order valence-corrected chi connectivity index (χ2v) is 7.10. The lowest BCUT2D eigenvalue weighted by molar-refractivity contribution is -0.135. The van der Waals surface area contributed by atoms with Gasteiger partial charge in [0.1, 0.15) is 0 Å². The van der Waals surface area contributed by atoms with E-state index in [9.17, 15) is 13.2 Å². The fraction of sp³-hybridized carbons (Fsp3) is 0.909. The van der Waals surface area contributed by atoms with Crippen LogP contribution in [0.2, 0.25) is 0 Å². The highest BCUT2D eigenvalue weighted by Gasteiger charge is 2.35. The number of carbonyl (C=O) groups excluding carboxylic acids is 1. The summed E-state index contributed by atoms with van der Waals surface area (Å²) in [4.78, 5) is 13.9. The fourth-order valence-corrected chi connectivity index (χ4v) is 3.24. The topological polar surface area (TPSA) is 57.7 Å². The molecule has 2 rings (SSSR count). The van der Waals surface area contributed by atoms with Gasteiger partial charge in [-0.1, -0.05) is 0 Å². The Hall–Kier alpha value is -0.620. The third-order valence-corrected chi connectivity index (χ3v) is 5.02. The molecule has 1 saturated carbocycles. The first-order chi connectivity index (χ1) is 7.89. The highest BCUT2D eigenvalue weighted by molar-refractivity contribution is 7.88. The SMILES string of the molecule is CN(C(=O)C1CCN(S(C)(=O)=O)CC1)C1CC1. The first-order valence-corrected chi connectivity index (χ1v) is 7.96. The van der Waals surface area contributed by atoms with Crippen LogP contribution in [0, 0.1) is 5.92 Å². The molecule has 0 atom stereocenters. The first-order valence-electron chi connectivity index (χ1n) is 6.11. The van der Waals surface area contributed by atoms with E-state index in [1.807, 2.05) is 11.9 Å². The van der Waals surface area contributed by atoms with E-state index in [1.54, 1.807) is 0 Å². The molecule has 1 heterocycles. The number of rotatable bonds is 3. The molecule has 2 aliphatic rings. The Morgan fingerprint density at radius 1 is 1.18 bits per heavy atom. The lowest BCUT2D eigenvalue weighted by Gasteiger charge is -2.31. The molecule has 1 saturated heterocycles. The third-order valence-electron chi connectivity index (χ3n) is 3.71. The molecule has 0 N–H and O–H groups in total. The van der Waals surface area contributed by atoms with Crippen molar-refractivity contribution in [2.75, 3.05) is 26.4 Å². The van der Waals surface area contributed by atoms with Gasteiger partial charge in [0.15, 0.2) is 0 Å². The molecular weight excluding hydrogens is 240 g/mol. The minimum Gasteiger partial charge on any atom is -0.343 e. The van der Waals surface area contributed by atoms with Gasteiger partial charge >= 0.3 is 0 Å². The Morgan fingerprint density at radius 3 is 2.12 bits per heavy atom. The molecule has 2 fully saturated rings. The summed E-state index contributed by atoms with van der Waals surface area (Å²) in [6, 6.07) is 0.440. The molecule has 5 nitrogen and oxygen atoms in total. The van der Waals surface area contributed by atoms with E-state index in [4.69, 9.17) is 0 Å². The van der Waals surface area contributed by atoms with Gasteiger partial charge < -0.3 is 4.90 Å². The van der Waals surface area contributed by atoms with Gasteiger partial charge in [-0.2, -0.15) is 0 Å². The zero-order valence-corrected chi connectivity index (χ0v) is 11.2. The lowest BCUT2D eigenvalue weighted by Crippen LogP contribution is -2.43. The summed E-state index contributed by atoms with van der Waals surface area (Å²) in [5.41, 5.74) is 0. The minimum absolute atomic E-state index is 0.0126. The molecule has 0 aromatic heterocycles. The van der Waals surface area contributed by atoms with Gasteiger partial charge in [-0.25, -0.2) is 12.7 Å². The highest BCUT2D eigenvalue weighted by atomic mass is 32.2. The Morgan fingerprint density at radius 2 is 1.71 bits per heavy atom. The number of carbonyl (C=O) groups is 1. The quantitative estimate of drug-likeness (QED) is 0.732. The summed E-state index contributed by atoms with van der Waals surface area (Å²) < 4.78 is 24.2. The van der Waals surface area contributed by atoms with Gasteiger partial charge in [0, 0.05) is 32.1 Å². The van der Waals surface area contributed by atoms with E-state index < -0.39 is 10.0 Å². The van der Waals surface area contributed by atoms with Crippen molar-refractivity contribution in [1.29, 1.82) is 0 Å². The fourth-order valence-electron chi connectivity index (χ4n) is 2.36. The molecule has 6 heteroatoms. The number of sulfonamides is 1. The molecule has 1 amide bonds. The van der Waals surface area contributed by atoms with Crippen LogP contribution in [0.1, 0.15) is 25.7 Å². The number of hydrogen-bond acceptors (Lipinski definition) is 3. The summed E-state index contributed by atoms with van der Waals surface area (Å²) in [5.74, 6) is 0.208. The lowest BCUT2D eigenvalue weighted by atomic mass is 9.96. The standard InChI is InChI=1S/C11H20N2O3S/c1-12(10-3-4-10)11(14)9-5-7-13(8-6-9)17(2,15)16/h9-10H,3-8H2,1-2H3. The van der Waals surface area contributed by atoms with E-state index in [0.29, 0.717) is 32.0 Å². The minimum atomic E-state index is -3.09. The number of nitrogens with zero attached hydrogens (tertiary/aromatic N) is 2. The van der Waals surface area contributed by atoms with Crippen LogP contribution in [-0.2, 0) is 14.8 Å². The van der Waals surface area contributed by atoms with Gasteiger partial charge in [0.25, 0.3) is 0 Å². The zero-order chi connectivity index (χ0) is 12.6. The van der Waals surface area contributed by atoms with Crippen LogP contribution in [0.15, 0.2) is 0 Å². The van der Waals surface area contributed by atoms with Crippen LogP contribution in [0.3, 0.4) is 0 Å². The summed E-state index contributed by atoms with van der Waals surface area (Å²) in [6.45, 7) is 0.960. The molecule has 98 valence electrons. The Kier molecular flexibility index (Phi) is 3.45. The van der Waals surface area contributed by atoms with Gasteiger partial charge in [0.05, 0.1) is 6.26 Å². The highest BCUT2D eigenvalue weighted by Crippen LogP contribution is 2.29. The van der Waals surface area contributed by atoms with E-state index in [2.05, 4.69) is 0 Å². The van der Waals surface area contributed by atoms with Crippen molar-refractivity contribution in [3.8, 4) is 0 Å². The van der Waals surface area contributed by atoms with Crippen molar-refractivity contribution >= 4 is 15.9 Å². The molecule has 0 spiro atoms. The van der Waals surface area contributed by atoms with E-state index in [0.717, 1.165) is 12.8 Å². The molecule has 0 aromatic rings. The van der Waals surface area contributed by atoms with Gasteiger partial charge in [0.2, 0.25) is 15.9 Å². The van der Waals surface area contributed by atoms with Gasteiger partial charge in [-0.3, -0.25) is 4.79 Å². The maximum Gasteiger partial charge on any atom is 0.225 e. The van der Waals surface area contributed by atoms with E-state index in [1.165, 1.54) is 10.6 Å². The van der Waals surface area contributed by atoms with Crippen molar-refractivity contribution in [3.63, 3.8) is 0 Å². The summed E-state index contributed by atoms with van der Waals surface area (Å²) in [7, 11) is -1.23. The van der Waals surface area contributed by atoms with Crippen molar-refractivity contribution in [1.82, 2.24) is 9.21 Å². The molecule has 1 aliphatic heterocycles. The Bertz CT molecular complexity index is 395. The molecule has 0 unspecified atom stereocenters. The number of amides is 1. The number of hydrogen-bond donors (Lipinski definition) is 0. The van der Waals surface area contributed by atoms with E-state index >= 15 is 0 Å². The molecule has 0 aromatic carbocycles. The molecule has 1 aliphatic carbocycles. The predicted octanol–water partition coefficient (Wildman–Crippen LogP) is 0.279. The average molecular weight is 260 g/mol. The van der Waals surface area contributed by atoms with Crippen molar-refractivity contribution in [2.45, 2.75) is 31.7 Å². The largest absolute Gasteiger partial charge is 0.343 e. The molecule has 0 bridgehead atoms. The van der Waals surface area contributed by atoms with Crippen LogP contribution < -0.4 is 0 Å². The number of piperidine rings is 1. The zero-order valence-electron chi connectivity index (χ0n) is 10.4. The third kappa shape index (κ3) is 2.98. The van der Waals surface area contributed by atoms with Crippen LogP contribution in [0.5, 0.6) is 0 Å². The molecule has 0 radical (unpaired) electrons.